The van der Waals surface area contributed by atoms with E-state index in [-0.39, 0.29) is 17.8 Å². The lowest BCUT2D eigenvalue weighted by Gasteiger charge is -2.24. The molecular weight excluding hydrogens is 198 g/mol. The molecule has 0 bridgehead atoms. The van der Waals surface area contributed by atoms with Gasteiger partial charge in [-0.05, 0) is 25.7 Å². The highest BCUT2D eigenvalue weighted by atomic mass is 16.5. The van der Waals surface area contributed by atoms with Gasteiger partial charge >= 0.3 is 11.9 Å². The fourth-order valence-electron chi connectivity index (χ4n) is 1.94. The first-order valence-electron chi connectivity index (χ1n) is 4.94. The first-order valence-corrected chi connectivity index (χ1v) is 4.94. The Balaban J connectivity index is 2.46. The first kappa shape index (κ1) is 11.7. The van der Waals surface area contributed by atoms with Gasteiger partial charge in [0.1, 0.15) is 0 Å². The Morgan fingerprint density at radius 3 is 1.93 bits per heavy atom. The van der Waals surface area contributed by atoms with Crippen LogP contribution in [0.2, 0.25) is 0 Å². The highest BCUT2D eigenvalue weighted by Crippen LogP contribution is 2.29. The van der Waals surface area contributed by atoms with Crippen molar-refractivity contribution in [2.24, 2.45) is 11.8 Å². The lowest BCUT2D eigenvalue weighted by molar-refractivity contribution is -0.148. The van der Waals surface area contributed by atoms with Crippen LogP contribution in [0.1, 0.15) is 25.7 Å². The summed E-state index contributed by atoms with van der Waals surface area (Å²) >= 11 is 0. The fourth-order valence-corrected chi connectivity index (χ4v) is 1.94. The molecule has 1 N–H and O–H groups in total. The molecule has 0 spiro atoms. The molecule has 0 saturated heterocycles. The lowest BCUT2D eigenvalue weighted by atomic mass is 9.80. The Kier molecular flexibility index (Phi) is 3.82. The first-order chi connectivity index (χ1) is 7.06. The highest BCUT2D eigenvalue weighted by molar-refractivity contribution is 6.36. The van der Waals surface area contributed by atoms with Crippen LogP contribution in [0.25, 0.3) is 0 Å². The molecule has 0 aliphatic heterocycles. The highest BCUT2D eigenvalue weighted by Gasteiger charge is 2.32. The number of Topliss-reactive ketones (excluding diaryl/α,β-unsaturated/α-hetero) is 1. The van der Waals surface area contributed by atoms with Crippen molar-refractivity contribution < 1.29 is 19.1 Å². The van der Waals surface area contributed by atoms with Crippen molar-refractivity contribution in [2.75, 3.05) is 7.11 Å². The third-order valence-corrected chi connectivity index (χ3v) is 2.86. The predicted molar refractivity (Wildman–Crippen MR) is 50.6 cm³/mol. The molecule has 0 unspecified atom stereocenters. The Morgan fingerprint density at radius 1 is 1.07 bits per heavy atom. The van der Waals surface area contributed by atoms with Crippen molar-refractivity contribution in [2.45, 2.75) is 25.7 Å². The van der Waals surface area contributed by atoms with Crippen LogP contribution in [-0.2, 0) is 19.1 Å². The van der Waals surface area contributed by atoms with E-state index in [0.717, 1.165) is 0 Å². The minimum Gasteiger partial charge on any atom is -0.469 e. The van der Waals surface area contributed by atoms with Gasteiger partial charge in [0, 0.05) is 5.92 Å². The fraction of sp³-hybridized carbons (Fsp3) is 0.700. The number of methoxy groups -OCH3 is 1. The average molecular weight is 212 g/mol. The molecule has 1 radical (unpaired) electrons. The number of hydrogen-bond acceptors (Lipinski definition) is 4. The van der Waals surface area contributed by atoms with E-state index < -0.39 is 11.7 Å². The maximum Gasteiger partial charge on any atom is 0.308 e. The molecule has 0 aromatic heterocycles. The summed E-state index contributed by atoms with van der Waals surface area (Å²) in [4.78, 5) is 32.9. The number of amides is 1. The average Bonchev–Trinajstić information content (AvgIpc) is 2.27. The molecule has 0 heterocycles. The standard InChI is InChI=1S/C10H14NO4/c1-15-10(14)7-4-2-6(3-5-7)8(12)9(11)13/h6-7,11H,2-5H2,1H3. The van der Waals surface area contributed by atoms with Gasteiger partial charge in [0.2, 0.25) is 5.78 Å². The summed E-state index contributed by atoms with van der Waals surface area (Å²) in [5.41, 5.74) is 6.71. The molecule has 0 aromatic carbocycles. The van der Waals surface area contributed by atoms with Gasteiger partial charge in [0.15, 0.2) is 0 Å². The van der Waals surface area contributed by atoms with Crippen LogP contribution in [0.5, 0.6) is 0 Å². The number of nitrogens with one attached hydrogen (secondary N) is 1. The van der Waals surface area contributed by atoms with Crippen molar-refractivity contribution in [1.29, 1.82) is 0 Å². The predicted octanol–water partition coefficient (Wildman–Crippen LogP) is 0.344. The second-order valence-corrected chi connectivity index (χ2v) is 3.77. The lowest BCUT2D eigenvalue weighted by Crippen LogP contribution is -2.30. The number of carbonyl (C=O) groups is 3. The summed E-state index contributed by atoms with van der Waals surface area (Å²) in [5.74, 6) is -2.52. The summed E-state index contributed by atoms with van der Waals surface area (Å²) in [6, 6.07) is 0. The normalized spacial score (nSPS) is 25.7. The van der Waals surface area contributed by atoms with Crippen molar-refractivity contribution in [3.05, 3.63) is 0 Å². The van der Waals surface area contributed by atoms with Gasteiger partial charge in [-0.1, -0.05) is 0 Å². The van der Waals surface area contributed by atoms with Gasteiger partial charge in [-0.3, -0.25) is 20.1 Å². The minimum absolute atomic E-state index is 0.153. The second-order valence-electron chi connectivity index (χ2n) is 3.77. The van der Waals surface area contributed by atoms with E-state index in [1.165, 1.54) is 7.11 Å². The van der Waals surface area contributed by atoms with E-state index in [0.29, 0.717) is 25.7 Å². The number of carbonyl (C=O) groups excluding carboxylic acids is 3. The minimum atomic E-state index is -1.13. The Hall–Kier alpha value is -1.39. The molecular formula is C10H14NO4. The maximum atomic E-state index is 11.2. The molecule has 1 rings (SSSR count). The number of rotatable bonds is 3. The monoisotopic (exact) mass is 212 g/mol. The van der Waals surface area contributed by atoms with E-state index in [9.17, 15) is 14.4 Å². The Labute approximate surface area is 88.0 Å². The van der Waals surface area contributed by atoms with Crippen LogP contribution in [0, 0.1) is 11.8 Å². The molecule has 1 amide bonds. The van der Waals surface area contributed by atoms with Crippen LogP contribution in [0.15, 0.2) is 0 Å². The van der Waals surface area contributed by atoms with Crippen LogP contribution in [0.4, 0.5) is 0 Å². The van der Waals surface area contributed by atoms with E-state index >= 15 is 0 Å². The smallest absolute Gasteiger partial charge is 0.308 e. The van der Waals surface area contributed by atoms with Gasteiger partial charge in [0.25, 0.3) is 0 Å². The van der Waals surface area contributed by atoms with E-state index in [1.54, 1.807) is 0 Å². The molecule has 5 nitrogen and oxygen atoms in total. The number of esters is 1. The molecule has 1 aliphatic rings. The molecule has 83 valence electrons. The number of ketones is 1. The Morgan fingerprint density at radius 2 is 1.53 bits per heavy atom. The van der Waals surface area contributed by atoms with Crippen LogP contribution < -0.4 is 5.73 Å². The topological polar surface area (TPSA) is 84.2 Å². The Bertz CT molecular complexity index is 279. The molecule has 15 heavy (non-hydrogen) atoms. The molecule has 0 aromatic rings. The summed E-state index contributed by atoms with van der Waals surface area (Å²) in [7, 11) is 1.34. The van der Waals surface area contributed by atoms with Crippen molar-refractivity contribution in [3.8, 4) is 0 Å². The summed E-state index contributed by atoms with van der Waals surface area (Å²) < 4.78 is 4.61. The van der Waals surface area contributed by atoms with Crippen LogP contribution in [0.3, 0.4) is 0 Å². The zero-order valence-electron chi connectivity index (χ0n) is 8.62. The quantitative estimate of drug-likeness (QED) is 0.499. The van der Waals surface area contributed by atoms with Crippen molar-refractivity contribution in [3.63, 3.8) is 0 Å². The van der Waals surface area contributed by atoms with E-state index in [2.05, 4.69) is 4.74 Å². The maximum absolute atomic E-state index is 11.2. The summed E-state index contributed by atoms with van der Waals surface area (Å²) in [6.45, 7) is 0. The SMILES string of the molecule is COC(=O)C1CCC(C(=O)C([NH])=O)CC1. The third-order valence-electron chi connectivity index (χ3n) is 2.86. The number of hydrogen-bond donors (Lipinski definition) is 0. The molecule has 1 fully saturated rings. The largest absolute Gasteiger partial charge is 0.469 e. The molecule has 5 heteroatoms. The van der Waals surface area contributed by atoms with Crippen LogP contribution >= 0.6 is 0 Å². The third kappa shape index (κ3) is 2.78. The van der Waals surface area contributed by atoms with Gasteiger partial charge in [-0.2, -0.15) is 0 Å². The second kappa shape index (κ2) is 4.91. The van der Waals surface area contributed by atoms with E-state index in [4.69, 9.17) is 5.73 Å². The summed E-state index contributed by atoms with van der Waals surface area (Å²) in [6.07, 6.45) is 2.14. The van der Waals surface area contributed by atoms with Crippen molar-refractivity contribution >= 4 is 17.7 Å². The summed E-state index contributed by atoms with van der Waals surface area (Å²) in [5, 5.41) is 0. The molecule has 1 saturated carbocycles. The van der Waals surface area contributed by atoms with Gasteiger partial charge in [-0.25, -0.2) is 0 Å². The zero-order valence-corrected chi connectivity index (χ0v) is 8.62. The van der Waals surface area contributed by atoms with Crippen LogP contribution in [-0.4, -0.2) is 24.8 Å². The van der Waals surface area contributed by atoms with Gasteiger partial charge in [0.05, 0.1) is 13.0 Å². The van der Waals surface area contributed by atoms with E-state index in [1.807, 2.05) is 0 Å². The van der Waals surface area contributed by atoms with Crippen molar-refractivity contribution in [1.82, 2.24) is 5.73 Å². The van der Waals surface area contributed by atoms with Gasteiger partial charge in [-0.15, -0.1) is 0 Å². The molecule has 1 aliphatic carbocycles. The molecule has 0 atom stereocenters. The zero-order chi connectivity index (χ0) is 11.4. The number of ether oxygens (including phenoxy) is 1. The van der Waals surface area contributed by atoms with Gasteiger partial charge < -0.3 is 4.74 Å².